The van der Waals surface area contributed by atoms with Crippen molar-refractivity contribution in [3.05, 3.63) is 23.8 Å². The van der Waals surface area contributed by atoms with Crippen LogP contribution >= 0.6 is 0 Å². The van der Waals surface area contributed by atoms with Crippen LogP contribution in [0.15, 0.2) is 18.2 Å². The monoisotopic (exact) mass is 365 g/mol. The molecule has 0 aromatic heterocycles. The Balaban J connectivity index is 2.17. The highest BCUT2D eigenvalue weighted by atomic mass is 16.7. The molecular formula is C21H35NO4. The second-order valence-corrected chi connectivity index (χ2v) is 6.74. The Bertz CT molecular complexity index is 511. The van der Waals surface area contributed by atoms with E-state index >= 15 is 0 Å². The van der Waals surface area contributed by atoms with Crippen molar-refractivity contribution in [2.45, 2.75) is 58.3 Å². The fraction of sp³-hybridized carbons (Fsp3) is 0.714. The van der Waals surface area contributed by atoms with Crippen molar-refractivity contribution in [2.75, 3.05) is 34.0 Å². The van der Waals surface area contributed by atoms with Crippen molar-refractivity contribution in [2.24, 2.45) is 5.92 Å². The predicted octanol–water partition coefficient (Wildman–Crippen LogP) is 4.31. The van der Waals surface area contributed by atoms with Crippen LogP contribution in [0.4, 0.5) is 0 Å². The van der Waals surface area contributed by atoms with Gasteiger partial charge in [0.1, 0.15) is 0 Å². The Hall–Kier alpha value is -1.30. The van der Waals surface area contributed by atoms with Gasteiger partial charge < -0.3 is 24.3 Å². The number of hydrogen-bond donors (Lipinski definition) is 1. The summed E-state index contributed by atoms with van der Waals surface area (Å²) < 4.78 is 22.3. The molecule has 1 atom stereocenters. The van der Waals surface area contributed by atoms with E-state index in [1.165, 1.54) is 37.7 Å². The second-order valence-electron chi connectivity index (χ2n) is 6.74. The van der Waals surface area contributed by atoms with E-state index in [1.54, 1.807) is 14.2 Å². The first-order chi connectivity index (χ1) is 12.7. The van der Waals surface area contributed by atoms with E-state index in [1.807, 2.05) is 19.9 Å². The summed E-state index contributed by atoms with van der Waals surface area (Å²) in [5.41, 5.74) is 1.24. The predicted molar refractivity (Wildman–Crippen MR) is 104 cm³/mol. The minimum absolute atomic E-state index is 0.212. The number of methoxy groups -OCH3 is 2. The van der Waals surface area contributed by atoms with Crippen LogP contribution in [0.1, 0.15) is 57.6 Å². The third-order valence-corrected chi connectivity index (χ3v) is 5.10. The molecule has 0 radical (unpaired) electrons. The van der Waals surface area contributed by atoms with Crippen LogP contribution in [-0.2, 0) is 9.47 Å². The van der Waals surface area contributed by atoms with Crippen LogP contribution in [0.3, 0.4) is 0 Å². The highest BCUT2D eigenvalue weighted by molar-refractivity contribution is 5.44. The largest absolute Gasteiger partial charge is 0.493 e. The Labute approximate surface area is 158 Å². The van der Waals surface area contributed by atoms with E-state index < -0.39 is 0 Å². The van der Waals surface area contributed by atoms with E-state index in [2.05, 4.69) is 17.4 Å². The summed E-state index contributed by atoms with van der Waals surface area (Å²) in [6, 6.07) is 6.50. The Morgan fingerprint density at radius 3 is 2.19 bits per heavy atom. The number of hydrogen-bond acceptors (Lipinski definition) is 5. The highest BCUT2D eigenvalue weighted by Crippen LogP contribution is 2.37. The first-order valence-corrected chi connectivity index (χ1v) is 9.91. The summed E-state index contributed by atoms with van der Waals surface area (Å²) in [6.45, 7) is 5.97. The zero-order valence-electron chi connectivity index (χ0n) is 16.8. The van der Waals surface area contributed by atoms with Gasteiger partial charge >= 0.3 is 0 Å². The summed E-state index contributed by atoms with van der Waals surface area (Å²) in [7, 11) is 3.36. The van der Waals surface area contributed by atoms with E-state index in [0.717, 1.165) is 11.5 Å². The molecule has 1 aliphatic rings. The lowest BCUT2D eigenvalue weighted by Gasteiger charge is -2.33. The molecule has 1 fully saturated rings. The Morgan fingerprint density at radius 2 is 1.62 bits per heavy atom. The van der Waals surface area contributed by atoms with E-state index in [-0.39, 0.29) is 12.3 Å². The normalized spacial score (nSPS) is 16.7. The quantitative estimate of drug-likeness (QED) is 0.592. The zero-order chi connectivity index (χ0) is 18.8. The fourth-order valence-corrected chi connectivity index (χ4v) is 3.83. The summed E-state index contributed by atoms with van der Waals surface area (Å²) in [5.74, 6) is 2.16. The van der Waals surface area contributed by atoms with Crippen LogP contribution in [0.5, 0.6) is 11.5 Å². The third kappa shape index (κ3) is 5.86. The average molecular weight is 366 g/mol. The van der Waals surface area contributed by atoms with E-state index in [9.17, 15) is 0 Å². The second kappa shape index (κ2) is 11.4. The van der Waals surface area contributed by atoms with Crippen LogP contribution in [-0.4, -0.2) is 40.3 Å². The maximum absolute atomic E-state index is 5.71. The first kappa shape index (κ1) is 21.0. The Kier molecular flexibility index (Phi) is 9.23. The van der Waals surface area contributed by atoms with Gasteiger partial charge in [0.15, 0.2) is 17.8 Å². The molecule has 1 aliphatic carbocycles. The topological polar surface area (TPSA) is 49.0 Å². The smallest absolute Gasteiger partial charge is 0.169 e. The van der Waals surface area contributed by atoms with Gasteiger partial charge in [-0.1, -0.05) is 25.3 Å². The standard InChI is InChI=1S/C21H35NO4/c1-5-25-20(26-6-2)15-22-21(16-10-8-7-9-11-16)17-12-13-18(23-3)19(14-17)24-4/h12-14,16,20-22H,5-11,15H2,1-4H3/t21-/m0/s1. The molecule has 1 aromatic carbocycles. The minimum atomic E-state index is -0.212. The van der Waals surface area contributed by atoms with E-state index in [4.69, 9.17) is 18.9 Å². The molecule has 1 aromatic rings. The van der Waals surface area contributed by atoms with Crippen molar-refractivity contribution in [3.63, 3.8) is 0 Å². The lowest BCUT2D eigenvalue weighted by atomic mass is 9.81. The van der Waals surface area contributed by atoms with Crippen LogP contribution in [0.2, 0.25) is 0 Å². The summed E-state index contributed by atoms with van der Waals surface area (Å²) >= 11 is 0. The first-order valence-electron chi connectivity index (χ1n) is 9.91. The lowest BCUT2D eigenvalue weighted by Crippen LogP contribution is -2.37. The summed E-state index contributed by atoms with van der Waals surface area (Å²) in [5, 5.41) is 3.72. The zero-order valence-corrected chi connectivity index (χ0v) is 16.8. The summed E-state index contributed by atoms with van der Waals surface area (Å²) in [4.78, 5) is 0. The molecule has 0 saturated heterocycles. The van der Waals surface area contributed by atoms with Gasteiger partial charge in [0.05, 0.1) is 14.2 Å². The molecule has 26 heavy (non-hydrogen) atoms. The maximum atomic E-state index is 5.71. The minimum Gasteiger partial charge on any atom is -0.493 e. The van der Waals surface area contributed by atoms with Crippen molar-refractivity contribution < 1.29 is 18.9 Å². The van der Waals surface area contributed by atoms with Gasteiger partial charge in [-0.15, -0.1) is 0 Å². The molecule has 0 amide bonds. The van der Waals surface area contributed by atoms with Gasteiger partial charge in [-0.2, -0.15) is 0 Å². The molecule has 0 unspecified atom stereocenters. The molecule has 1 saturated carbocycles. The Morgan fingerprint density at radius 1 is 0.962 bits per heavy atom. The molecule has 0 heterocycles. The molecule has 148 valence electrons. The molecule has 2 rings (SSSR count). The van der Waals surface area contributed by atoms with Gasteiger partial charge in [0.25, 0.3) is 0 Å². The maximum Gasteiger partial charge on any atom is 0.169 e. The van der Waals surface area contributed by atoms with Crippen LogP contribution in [0.25, 0.3) is 0 Å². The number of nitrogens with one attached hydrogen (secondary N) is 1. The molecule has 0 spiro atoms. The molecule has 0 aliphatic heterocycles. The lowest BCUT2D eigenvalue weighted by molar-refractivity contribution is -0.134. The summed E-state index contributed by atoms with van der Waals surface area (Å²) in [6.07, 6.45) is 6.24. The number of rotatable bonds is 11. The molecule has 5 heteroatoms. The van der Waals surface area contributed by atoms with Crippen LogP contribution in [0, 0.1) is 5.92 Å². The van der Waals surface area contributed by atoms with Gasteiger partial charge in [-0.05, 0) is 50.3 Å². The third-order valence-electron chi connectivity index (χ3n) is 5.10. The van der Waals surface area contributed by atoms with Gasteiger partial charge in [0.2, 0.25) is 0 Å². The van der Waals surface area contributed by atoms with Crippen molar-refractivity contribution in [1.82, 2.24) is 5.32 Å². The van der Waals surface area contributed by atoms with Gasteiger partial charge in [-0.3, -0.25) is 0 Å². The SMILES string of the molecule is CCOC(CN[C@H](c1ccc(OC)c(OC)c1)C1CCCCC1)OCC. The van der Waals surface area contributed by atoms with Crippen LogP contribution < -0.4 is 14.8 Å². The van der Waals surface area contributed by atoms with Crippen molar-refractivity contribution >= 4 is 0 Å². The van der Waals surface area contributed by atoms with E-state index in [0.29, 0.717) is 25.7 Å². The number of benzene rings is 1. The molecule has 5 nitrogen and oxygen atoms in total. The van der Waals surface area contributed by atoms with Gasteiger partial charge in [0, 0.05) is 25.8 Å². The van der Waals surface area contributed by atoms with Gasteiger partial charge in [-0.25, -0.2) is 0 Å². The molecule has 1 N–H and O–H groups in total. The van der Waals surface area contributed by atoms with Crippen molar-refractivity contribution in [3.8, 4) is 11.5 Å². The molecule has 0 bridgehead atoms. The van der Waals surface area contributed by atoms with Crippen molar-refractivity contribution in [1.29, 1.82) is 0 Å². The molecular weight excluding hydrogens is 330 g/mol. The highest BCUT2D eigenvalue weighted by Gasteiger charge is 2.26. The fourth-order valence-electron chi connectivity index (χ4n) is 3.83. The average Bonchev–Trinajstić information content (AvgIpc) is 2.69. The number of ether oxygens (including phenoxy) is 4.